The zero-order valence-electron chi connectivity index (χ0n) is 8.10. The van der Waals surface area contributed by atoms with E-state index in [9.17, 15) is 0 Å². The molecule has 1 aliphatic carbocycles. The summed E-state index contributed by atoms with van der Waals surface area (Å²) in [6, 6.07) is 1.47. The number of thioether (sulfide) groups is 1. The maximum Gasteiger partial charge on any atom is 0.0164 e. The fraction of sp³-hybridized carbons (Fsp3) is 1.00. The van der Waals surface area contributed by atoms with Gasteiger partial charge in [0.05, 0.1) is 0 Å². The number of hydrogen-bond acceptors (Lipinski definition) is 3. The van der Waals surface area contributed by atoms with Gasteiger partial charge in [-0.1, -0.05) is 0 Å². The molecule has 0 amide bonds. The largest absolute Gasteiger partial charge is 0.312 e. The number of rotatable bonds is 7. The van der Waals surface area contributed by atoms with Crippen molar-refractivity contribution in [2.75, 3.05) is 25.1 Å². The molecular weight excluding hydrogens is 168 g/mol. The van der Waals surface area contributed by atoms with Crippen LogP contribution < -0.4 is 10.6 Å². The van der Waals surface area contributed by atoms with E-state index in [-0.39, 0.29) is 0 Å². The van der Waals surface area contributed by atoms with Gasteiger partial charge < -0.3 is 10.6 Å². The van der Waals surface area contributed by atoms with Gasteiger partial charge in [-0.05, 0) is 26.0 Å². The predicted molar refractivity (Wildman–Crippen MR) is 56.9 cm³/mol. The van der Waals surface area contributed by atoms with Crippen LogP contribution >= 0.6 is 11.8 Å². The van der Waals surface area contributed by atoms with E-state index in [1.54, 1.807) is 0 Å². The van der Waals surface area contributed by atoms with Gasteiger partial charge in [-0.25, -0.2) is 0 Å². The standard InChI is InChI=1S/C9H20N2S/c1-8(10-5-6-12-2)7-11-9-3-4-9/h8-11H,3-7H2,1-2H3. The van der Waals surface area contributed by atoms with Gasteiger partial charge in [-0.15, -0.1) is 0 Å². The Morgan fingerprint density at radius 2 is 2.25 bits per heavy atom. The second kappa shape index (κ2) is 5.84. The molecule has 1 unspecified atom stereocenters. The van der Waals surface area contributed by atoms with Crippen LogP contribution in [0, 0.1) is 0 Å². The maximum absolute atomic E-state index is 3.51. The molecule has 3 heteroatoms. The highest BCUT2D eigenvalue weighted by Gasteiger charge is 2.20. The summed E-state index contributed by atoms with van der Waals surface area (Å²) in [6.45, 7) is 4.50. The predicted octanol–water partition coefficient (Wildman–Crippen LogP) is 1.08. The average Bonchev–Trinajstić information content (AvgIpc) is 2.84. The normalized spacial score (nSPS) is 19.5. The zero-order chi connectivity index (χ0) is 8.81. The summed E-state index contributed by atoms with van der Waals surface area (Å²) in [5.74, 6) is 1.22. The van der Waals surface area contributed by atoms with E-state index in [4.69, 9.17) is 0 Å². The summed E-state index contributed by atoms with van der Waals surface area (Å²) in [6.07, 6.45) is 4.92. The van der Waals surface area contributed by atoms with Crippen LogP contribution in [0.1, 0.15) is 19.8 Å². The molecule has 0 heterocycles. The van der Waals surface area contributed by atoms with Gasteiger partial charge in [0.15, 0.2) is 0 Å². The Kier molecular flexibility index (Phi) is 5.04. The van der Waals surface area contributed by atoms with Gasteiger partial charge >= 0.3 is 0 Å². The molecule has 2 N–H and O–H groups in total. The third kappa shape index (κ3) is 5.01. The summed E-state index contributed by atoms with van der Waals surface area (Å²) in [5, 5.41) is 7.00. The molecule has 2 nitrogen and oxygen atoms in total. The maximum atomic E-state index is 3.51. The van der Waals surface area contributed by atoms with Crippen LogP contribution in [0.2, 0.25) is 0 Å². The average molecular weight is 188 g/mol. The van der Waals surface area contributed by atoms with Crippen molar-refractivity contribution in [3.8, 4) is 0 Å². The first kappa shape index (κ1) is 10.4. The van der Waals surface area contributed by atoms with E-state index in [0.717, 1.165) is 19.1 Å². The van der Waals surface area contributed by atoms with Crippen molar-refractivity contribution in [3.05, 3.63) is 0 Å². The van der Waals surface area contributed by atoms with Crippen molar-refractivity contribution in [1.29, 1.82) is 0 Å². The molecule has 12 heavy (non-hydrogen) atoms. The topological polar surface area (TPSA) is 24.1 Å². The Morgan fingerprint density at radius 3 is 2.83 bits per heavy atom. The molecule has 0 saturated heterocycles. The summed E-state index contributed by atoms with van der Waals surface area (Å²) in [7, 11) is 0. The third-order valence-corrected chi connectivity index (χ3v) is 2.70. The van der Waals surface area contributed by atoms with Gasteiger partial charge in [0.2, 0.25) is 0 Å². The minimum atomic E-state index is 0.623. The molecule has 1 fully saturated rings. The van der Waals surface area contributed by atoms with Gasteiger partial charge in [-0.3, -0.25) is 0 Å². The second-order valence-corrected chi connectivity index (χ2v) is 4.52. The molecule has 0 bridgehead atoms. The van der Waals surface area contributed by atoms with Crippen molar-refractivity contribution < 1.29 is 0 Å². The monoisotopic (exact) mass is 188 g/mol. The lowest BCUT2D eigenvalue weighted by molar-refractivity contribution is 0.515. The molecule has 0 aromatic heterocycles. The Bertz CT molecular complexity index is 115. The van der Waals surface area contributed by atoms with Crippen molar-refractivity contribution in [2.24, 2.45) is 0 Å². The van der Waals surface area contributed by atoms with Crippen LogP contribution in [0.25, 0.3) is 0 Å². The van der Waals surface area contributed by atoms with Crippen molar-refractivity contribution in [2.45, 2.75) is 31.8 Å². The van der Waals surface area contributed by atoms with Crippen LogP contribution in [0.15, 0.2) is 0 Å². The van der Waals surface area contributed by atoms with E-state index < -0.39 is 0 Å². The van der Waals surface area contributed by atoms with Crippen molar-refractivity contribution >= 4 is 11.8 Å². The fourth-order valence-electron chi connectivity index (χ4n) is 1.11. The second-order valence-electron chi connectivity index (χ2n) is 3.53. The molecule has 72 valence electrons. The van der Waals surface area contributed by atoms with E-state index in [2.05, 4.69) is 23.8 Å². The molecule has 0 aliphatic heterocycles. The summed E-state index contributed by atoms with van der Waals surface area (Å²) in [5.41, 5.74) is 0. The Labute approximate surface area is 79.9 Å². The summed E-state index contributed by atoms with van der Waals surface area (Å²) >= 11 is 1.90. The molecule has 1 atom stereocenters. The fourth-order valence-corrected chi connectivity index (χ4v) is 1.43. The molecule has 1 rings (SSSR count). The van der Waals surface area contributed by atoms with Gasteiger partial charge in [0.1, 0.15) is 0 Å². The highest BCUT2D eigenvalue weighted by atomic mass is 32.2. The zero-order valence-corrected chi connectivity index (χ0v) is 8.91. The van der Waals surface area contributed by atoms with Gasteiger partial charge in [-0.2, -0.15) is 11.8 Å². The van der Waals surface area contributed by atoms with Crippen LogP contribution in [0.5, 0.6) is 0 Å². The number of nitrogens with one attached hydrogen (secondary N) is 2. The highest BCUT2D eigenvalue weighted by molar-refractivity contribution is 7.98. The molecule has 0 radical (unpaired) electrons. The van der Waals surface area contributed by atoms with E-state index in [1.807, 2.05) is 11.8 Å². The van der Waals surface area contributed by atoms with Crippen molar-refractivity contribution in [1.82, 2.24) is 10.6 Å². The molecule has 1 aliphatic rings. The minimum Gasteiger partial charge on any atom is -0.312 e. The van der Waals surface area contributed by atoms with Crippen LogP contribution in [-0.4, -0.2) is 37.2 Å². The Balaban J connectivity index is 1.84. The number of hydrogen-bond donors (Lipinski definition) is 2. The Morgan fingerprint density at radius 1 is 1.50 bits per heavy atom. The van der Waals surface area contributed by atoms with E-state index >= 15 is 0 Å². The van der Waals surface area contributed by atoms with Crippen LogP contribution in [0.4, 0.5) is 0 Å². The smallest absolute Gasteiger partial charge is 0.0164 e. The third-order valence-electron chi connectivity index (χ3n) is 2.09. The quantitative estimate of drug-likeness (QED) is 0.585. The molecule has 0 aromatic carbocycles. The van der Waals surface area contributed by atoms with Crippen molar-refractivity contribution in [3.63, 3.8) is 0 Å². The lowest BCUT2D eigenvalue weighted by atomic mass is 10.3. The first-order valence-electron chi connectivity index (χ1n) is 4.78. The molecular formula is C9H20N2S. The molecule has 0 spiro atoms. The minimum absolute atomic E-state index is 0.623. The lowest BCUT2D eigenvalue weighted by Gasteiger charge is -2.13. The lowest BCUT2D eigenvalue weighted by Crippen LogP contribution is -2.38. The van der Waals surface area contributed by atoms with Crippen LogP contribution in [0.3, 0.4) is 0 Å². The SMILES string of the molecule is CSCCNC(C)CNC1CC1. The highest BCUT2D eigenvalue weighted by Crippen LogP contribution is 2.18. The first-order chi connectivity index (χ1) is 5.83. The first-order valence-corrected chi connectivity index (χ1v) is 6.18. The van der Waals surface area contributed by atoms with Gasteiger partial charge in [0, 0.05) is 30.9 Å². The summed E-state index contributed by atoms with van der Waals surface area (Å²) < 4.78 is 0. The van der Waals surface area contributed by atoms with Crippen LogP contribution in [-0.2, 0) is 0 Å². The Hall–Kier alpha value is 0.270. The molecule has 1 saturated carbocycles. The van der Waals surface area contributed by atoms with E-state index in [1.165, 1.54) is 18.6 Å². The molecule has 0 aromatic rings. The van der Waals surface area contributed by atoms with Gasteiger partial charge in [0.25, 0.3) is 0 Å². The van der Waals surface area contributed by atoms with E-state index in [0.29, 0.717) is 6.04 Å². The summed E-state index contributed by atoms with van der Waals surface area (Å²) in [4.78, 5) is 0.